The van der Waals surface area contributed by atoms with Gasteiger partial charge in [-0.3, -0.25) is 4.68 Å². The van der Waals surface area contributed by atoms with Gasteiger partial charge in [0.05, 0.1) is 18.3 Å². The fourth-order valence-electron chi connectivity index (χ4n) is 2.35. The van der Waals surface area contributed by atoms with E-state index in [0.29, 0.717) is 5.56 Å². The Balaban J connectivity index is 1.78. The van der Waals surface area contributed by atoms with E-state index >= 15 is 0 Å². The van der Waals surface area contributed by atoms with Gasteiger partial charge >= 0.3 is 12.0 Å². The third kappa shape index (κ3) is 2.89. The molecule has 3 rings (SSSR count). The second kappa shape index (κ2) is 5.62. The molecule has 0 saturated carbocycles. The van der Waals surface area contributed by atoms with Gasteiger partial charge in [-0.1, -0.05) is 29.4 Å². The molecule has 1 aromatic carbocycles. The van der Waals surface area contributed by atoms with Crippen molar-refractivity contribution in [1.29, 1.82) is 0 Å². The van der Waals surface area contributed by atoms with Crippen LogP contribution in [0, 0.1) is 0 Å². The van der Waals surface area contributed by atoms with E-state index in [4.69, 9.17) is 0 Å². The fourth-order valence-corrected chi connectivity index (χ4v) is 2.35. The number of rotatable bonds is 3. The van der Waals surface area contributed by atoms with Crippen LogP contribution in [0.2, 0.25) is 0 Å². The molecule has 0 bridgehead atoms. The number of hydrogen-bond donors (Lipinski definition) is 1. The van der Waals surface area contributed by atoms with Crippen molar-refractivity contribution >= 4 is 5.71 Å². The van der Waals surface area contributed by atoms with Gasteiger partial charge in [-0.2, -0.15) is 18.3 Å². The highest BCUT2D eigenvalue weighted by molar-refractivity contribution is 6.01. The molecule has 1 unspecified atom stereocenters. The topological polar surface area (TPSA) is 59.6 Å². The molecule has 0 spiro atoms. The first kappa shape index (κ1) is 16.5. The Labute approximate surface area is 136 Å². The van der Waals surface area contributed by atoms with Gasteiger partial charge in [0.25, 0.3) is 0 Å². The summed E-state index contributed by atoms with van der Waals surface area (Å²) in [5.41, 5.74) is 2.32. The molecule has 1 aliphatic rings. The smallest absolute Gasteiger partial charge is 0.350 e. The maximum atomic E-state index is 12.7. The number of aromatic nitrogens is 2. The lowest BCUT2D eigenvalue weighted by molar-refractivity contribution is -0.355. The van der Waals surface area contributed by atoms with Crippen LogP contribution in [0.5, 0.6) is 0 Å². The summed E-state index contributed by atoms with van der Waals surface area (Å²) in [5, 5.41) is 17.1. The summed E-state index contributed by atoms with van der Waals surface area (Å²) in [6.45, 7) is 4.03. The summed E-state index contributed by atoms with van der Waals surface area (Å²) < 4.78 is 40.0. The molecule has 0 amide bonds. The lowest BCUT2D eigenvalue weighted by atomic mass is 10.00. The van der Waals surface area contributed by atoms with Crippen LogP contribution in [0.15, 0.2) is 41.8 Å². The zero-order chi connectivity index (χ0) is 17.5. The zero-order valence-corrected chi connectivity index (χ0v) is 13.1. The van der Waals surface area contributed by atoms with Crippen LogP contribution in [0.4, 0.5) is 13.2 Å². The molecule has 0 fully saturated rings. The molecule has 0 radical (unpaired) electrons. The summed E-state index contributed by atoms with van der Waals surface area (Å²) in [5.74, 6) is -3.25. The minimum Gasteiger partial charge on any atom is -0.350 e. The molecule has 24 heavy (non-hydrogen) atoms. The van der Waals surface area contributed by atoms with E-state index < -0.39 is 18.4 Å². The third-order valence-corrected chi connectivity index (χ3v) is 3.84. The number of nitrogens with zero attached hydrogens (tertiary/aromatic N) is 3. The monoisotopic (exact) mass is 339 g/mol. The predicted molar refractivity (Wildman–Crippen MR) is 81.3 cm³/mol. The summed E-state index contributed by atoms with van der Waals surface area (Å²) in [6, 6.07) is 7.07. The van der Waals surface area contributed by atoms with E-state index in [1.165, 1.54) is 0 Å². The number of aliphatic hydroxyl groups is 1. The van der Waals surface area contributed by atoms with Crippen molar-refractivity contribution in [3.05, 3.63) is 42.2 Å². The van der Waals surface area contributed by atoms with Crippen LogP contribution >= 0.6 is 0 Å². The summed E-state index contributed by atoms with van der Waals surface area (Å²) in [6.07, 6.45) is -2.00. The molecule has 2 heterocycles. The molecular formula is C16H16F3N3O2. The highest BCUT2D eigenvalue weighted by atomic mass is 19.4. The maximum Gasteiger partial charge on any atom is 0.458 e. The zero-order valence-electron chi connectivity index (χ0n) is 13.1. The Morgan fingerprint density at radius 3 is 2.29 bits per heavy atom. The molecule has 8 heteroatoms. The largest absolute Gasteiger partial charge is 0.458 e. The van der Waals surface area contributed by atoms with Gasteiger partial charge in [-0.25, -0.2) is 0 Å². The van der Waals surface area contributed by atoms with E-state index in [0.717, 1.165) is 11.1 Å². The SMILES string of the molecule is CC(C)n1cc(-c2ccc(C3=NOC(O)(C(F)(F)F)C3)cc2)cn1. The molecule has 1 aliphatic heterocycles. The van der Waals surface area contributed by atoms with Gasteiger partial charge < -0.3 is 9.94 Å². The lowest BCUT2D eigenvalue weighted by Gasteiger charge is -2.22. The minimum absolute atomic E-state index is 0.0549. The highest BCUT2D eigenvalue weighted by Crippen LogP contribution is 2.39. The molecule has 1 aromatic heterocycles. The first-order chi connectivity index (χ1) is 11.2. The van der Waals surface area contributed by atoms with Crippen molar-refractivity contribution < 1.29 is 23.1 Å². The number of hydrogen-bond acceptors (Lipinski definition) is 4. The van der Waals surface area contributed by atoms with Crippen molar-refractivity contribution in [2.24, 2.45) is 5.16 Å². The van der Waals surface area contributed by atoms with Gasteiger partial charge in [0, 0.05) is 17.8 Å². The second-order valence-electron chi connectivity index (χ2n) is 5.97. The first-order valence-electron chi connectivity index (χ1n) is 7.39. The summed E-state index contributed by atoms with van der Waals surface area (Å²) in [7, 11) is 0. The average Bonchev–Trinajstić information content (AvgIpc) is 3.14. The van der Waals surface area contributed by atoms with Crippen molar-refractivity contribution in [2.45, 2.75) is 38.3 Å². The first-order valence-corrected chi connectivity index (χ1v) is 7.39. The molecule has 0 aliphatic carbocycles. The predicted octanol–water partition coefficient (Wildman–Crippen LogP) is 3.51. The van der Waals surface area contributed by atoms with Gasteiger partial charge in [0.1, 0.15) is 0 Å². The van der Waals surface area contributed by atoms with Crippen molar-refractivity contribution in [1.82, 2.24) is 9.78 Å². The molecular weight excluding hydrogens is 323 g/mol. The Hall–Kier alpha value is -2.35. The molecule has 2 aromatic rings. The van der Waals surface area contributed by atoms with E-state index in [2.05, 4.69) is 15.1 Å². The molecule has 1 N–H and O–H groups in total. The molecule has 128 valence electrons. The normalized spacial score (nSPS) is 21.0. The van der Waals surface area contributed by atoms with Crippen LogP contribution in [0.3, 0.4) is 0 Å². The van der Waals surface area contributed by atoms with Crippen LogP contribution in [-0.4, -0.2) is 32.6 Å². The summed E-state index contributed by atoms with van der Waals surface area (Å²) >= 11 is 0. The second-order valence-corrected chi connectivity index (χ2v) is 5.97. The molecule has 1 atom stereocenters. The molecule has 5 nitrogen and oxygen atoms in total. The maximum absolute atomic E-state index is 12.7. The average molecular weight is 339 g/mol. The number of alkyl halides is 3. The van der Waals surface area contributed by atoms with Crippen LogP contribution in [0.1, 0.15) is 31.9 Å². The van der Waals surface area contributed by atoms with E-state index in [1.54, 1.807) is 30.5 Å². The lowest BCUT2D eigenvalue weighted by Crippen LogP contribution is -2.45. The van der Waals surface area contributed by atoms with E-state index in [1.807, 2.05) is 24.7 Å². The fraction of sp³-hybridized carbons (Fsp3) is 0.375. The number of benzene rings is 1. The standard InChI is InChI=1S/C16H16F3N3O2/c1-10(2)22-9-13(8-20-22)11-3-5-12(6-4-11)14-7-15(23,24-21-14)16(17,18)19/h3-6,8-10,23H,7H2,1-2H3. The Bertz CT molecular complexity index is 766. The third-order valence-electron chi connectivity index (χ3n) is 3.84. The Morgan fingerprint density at radius 1 is 1.17 bits per heavy atom. The van der Waals surface area contributed by atoms with Gasteiger partial charge in [0.2, 0.25) is 0 Å². The van der Waals surface area contributed by atoms with Gasteiger partial charge in [0.15, 0.2) is 0 Å². The minimum atomic E-state index is -4.90. The quantitative estimate of drug-likeness (QED) is 0.931. The van der Waals surface area contributed by atoms with E-state index in [9.17, 15) is 18.3 Å². The molecule has 0 saturated heterocycles. The van der Waals surface area contributed by atoms with Crippen molar-refractivity contribution in [3.8, 4) is 11.1 Å². The van der Waals surface area contributed by atoms with Crippen molar-refractivity contribution in [2.75, 3.05) is 0 Å². The van der Waals surface area contributed by atoms with E-state index in [-0.39, 0.29) is 11.8 Å². The van der Waals surface area contributed by atoms with Crippen LogP contribution in [0.25, 0.3) is 11.1 Å². The number of halogens is 3. The summed E-state index contributed by atoms with van der Waals surface area (Å²) in [4.78, 5) is 4.22. The van der Waals surface area contributed by atoms with Gasteiger partial charge in [-0.15, -0.1) is 0 Å². The van der Waals surface area contributed by atoms with Crippen LogP contribution < -0.4 is 0 Å². The number of oxime groups is 1. The van der Waals surface area contributed by atoms with Gasteiger partial charge in [-0.05, 0) is 25.0 Å². The Kier molecular flexibility index (Phi) is 3.87. The Morgan fingerprint density at radius 2 is 1.79 bits per heavy atom. The van der Waals surface area contributed by atoms with Crippen molar-refractivity contribution in [3.63, 3.8) is 0 Å². The van der Waals surface area contributed by atoms with Crippen LogP contribution in [-0.2, 0) is 4.84 Å². The highest BCUT2D eigenvalue weighted by Gasteiger charge is 2.60.